The van der Waals surface area contributed by atoms with Crippen molar-refractivity contribution < 1.29 is 33.8 Å². The molecule has 0 aromatic heterocycles. The molecule has 0 aliphatic carbocycles. The second kappa shape index (κ2) is 9.51. The average Bonchev–Trinajstić information content (AvgIpc) is 2.42. The lowest BCUT2D eigenvalue weighted by atomic mass is 10.0. The van der Waals surface area contributed by atoms with E-state index in [4.69, 9.17) is 9.47 Å². The summed E-state index contributed by atoms with van der Waals surface area (Å²) in [4.78, 5) is 46.2. The molecule has 0 heterocycles. The molecule has 9 heteroatoms. The van der Waals surface area contributed by atoms with Crippen molar-refractivity contribution in [2.75, 3.05) is 6.79 Å². The minimum Gasteiger partial charge on any atom is -0.480 e. The van der Waals surface area contributed by atoms with Gasteiger partial charge in [0.15, 0.2) is 0 Å². The molecule has 24 heavy (non-hydrogen) atoms. The summed E-state index contributed by atoms with van der Waals surface area (Å²) >= 11 is 0.604. The molecule has 0 spiro atoms. The van der Waals surface area contributed by atoms with E-state index in [2.05, 4.69) is 5.32 Å². The van der Waals surface area contributed by atoms with E-state index in [1.165, 1.54) is 13.8 Å². The Morgan fingerprint density at radius 1 is 1.04 bits per heavy atom. The number of thioether (sulfide) groups is 1. The number of carbonyl (C=O) groups excluding carboxylic acids is 3. The van der Waals surface area contributed by atoms with Crippen LogP contribution in [0.15, 0.2) is 0 Å². The molecular formula is C15H25NO7S. The van der Waals surface area contributed by atoms with Gasteiger partial charge in [0.05, 0.1) is 10.7 Å². The molecule has 0 aromatic carbocycles. The molecular weight excluding hydrogens is 338 g/mol. The SMILES string of the molecule is CC(C)C(=O)N[C@@H](C(=O)O)C(C)(C)SC(=O)OCOC(=O)C(C)C. The van der Waals surface area contributed by atoms with Gasteiger partial charge in [-0.2, -0.15) is 0 Å². The van der Waals surface area contributed by atoms with Crippen LogP contribution in [0.2, 0.25) is 0 Å². The molecule has 0 aliphatic heterocycles. The van der Waals surface area contributed by atoms with Gasteiger partial charge in [-0.3, -0.25) is 9.59 Å². The maximum absolute atomic E-state index is 11.8. The monoisotopic (exact) mass is 363 g/mol. The fourth-order valence-corrected chi connectivity index (χ4v) is 2.26. The van der Waals surface area contributed by atoms with Crippen LogP contribution < -0.4 is 5.32 Å². The van der Waals surface area contributed by atoms with Crippen molar-refractivity contribution >= 4 is 34.9 Å². The highest BCUT2D eigenvalue weighted by Gasteiger charge is 2.40. The van der Waals surface area contributed by atoms with Crippen LogP contribution in [-0.4, -0.2) is 45.8 Å². The molecule has 0 aliphatic rings. The average molecular weight is 363 g/mol. The predicted molar refractivity (Wildman–Crippen MR) is 88.4 cm³/mol. The fourth-order valence-electron chi connectivity index (χ4n) is 1.45. The standard InChI is InChI=1S/C15H25NO7S/c1-8(2)11(17)16-10(12(18)19)15(5,6)24-14(21)23-7-22-13(20)9(3)4/h8-10H,7H2,1-6H3,(H,16,17)(H,18,19)/t10-/m0/s1. The Balaban J connectivity index is 4.71. The highest BCUT2D eigenvalue weighted by molar-refractivity contribution is 8.14. The van der Waals surface area contributed by atoms with Crippen LogP contribution in [0.25, 0.3) is 0 Å². The van der Waals surface area contributed by atoms with Crippen LogP contribution in [-0.2, 0) is 23.9 Å². The quantitative estimate of drug-likeness (QED) is 0.496. The molecule has 0 unspecified atom stereocenters. The Kier molecular flexibility index (Phi) is 8.81. The summed E-state index contributed by atoms with van der Waals surface area (Å²) in [7, 11) is 0. The van der Waals surface area contributed by atoms with Crippen LogP contribution in [0.4, 0.5) is 4.79 Å². The smallest absolute Gasteiger partial charge is 0.370 e. The van der Waals surface area contributed by atoms with Crippen LogP contribution in [0.3, 0.4) is 0 Å². The van der Waals surface area contributed by atoms with E-state index in [0.717, 1.165) is 0 Å². The number of hydrogen-bond acceptors (Lipinski definition) is 7. The minimum atomic E-state index is -1.29. The van der Waals surface area contributed by atoms with E-state index in [-0.39, 0.29) is 5.92 Å². The Morgan fingerprint density at radius 2 is 1.58 bits per heavy atom. The molecule has 1 amide bonds. The van der Waals surface area contributed by atoms with E-state index in [9.17, 15) is 24.3 Å². The summed E-state index contributed by atoms with van der Waals surface area (Å²) in [6.07, 6.45) is 0. The van der Waals surface area contributed by atoms with Gasteiger partial charge in [0.25, 0.3) is 0 Å². The van der Waals surface area contributed by atoms with Gasteiger partial charge in [-0.1, -0.05) is 27.7 Å². The van der Waals surface area contributed by atoms with Crippen molar-refractivity contribution in [1.82, 2.24) is 5.32 Å². The summed E-state index contributed by atoms with van der Waals surface area (Å²) in [5.74, 6) is -2.96. The third-order valence-electron chi connectivity index (χ3n) is 2.95. The fraction of sp³-hybridized carbons (Fsp3) is 0.733. The molecule has 1 atom stereocenters. The molecule has 0 saturated carbocycles. The molecule has 0 fully saturated rings. The van der Waals surface area contributed by atoms with Gasteiger partial charge in [0, 0.05) is 5.92 Å². The zero-order valence-electron chi connectivity index (χ0n) is 14.7. The third-order valence-corrected chi connectivity index (χ3v) is 4.00. The first-order valence-electron chi connectivity index (χ1n) is 7.44. The van der Waals surface area contributed by atoms with Crippen LogP contribution in [0.1, 0.15) is 41.5 Å². The molecule has 138 valence electrons. The van der Waals surface area contributed by atoms with Crippen LogP contribution in [0, 0.1) is 11.8 Å². The van der Waals surface area contributed by atoms with E-state index >= 15 is 0 Å². The number of aliphatic carboxylic acids is 1. The lowest BCUT2D eigenvalue weighted by Crippen LogP contribution is -2.53. The van der Waals surface area contributed by atoms with Crippen molar-refractivity contribution in [3.63, 3.8) is 0 Å². The van der Waals surface area contributed by atoms with Crippen molar-refractivity contribution in [2.45, 2.75) is 52.3 Å². The molecule has 0 bridgehead atoms. The van der Waals surface area contributed by atoms with Crippen molar-refractivity contribution in [3.8, 4) is 0 Å². The van der Waals surface area contributed by atoms with Crippen LogP contribution >= 0.6 is 11.8 Å². The zero-order chi connectivity index (χ0) is 19.1. The Bertz CT molecular complexity index is 488. The van der Waals surface area contributed by atoms with Gasteiger partial charge in [0.2, 0.25) is 12.7 Å². The normalized spacial score (nSPS) is 12.7. The number of amides is 1. The van der Waals surface area contributed by atoms with E-state index in [1.54, 1.807) is 27.7 Å². The van der Waals surface area contributed by atoms with E-state index in [1.807, 2.05) is 0 Å². The first-order valence-corrected chi connectivity index (χ1v) is 8.25. The summed E-state index contributed by atoms with van der Waals surface area (Å²) in [5, 5.41) is 10.9. The number of carbonyl (C=O) groups is 4. The van der Waals surface area contributed by atoms with Gasteiger partial charge < -0.3 is 19.9 Å². The summed E-state index contributed by atoms with van der Waals surface area (Å²) in [6, 6.07) is -1.29. The number of hydrogen-bond donors (Lipinski definition) is 2. The largest absolute Gasteiger partial charge is 0.480 e. The van der Waals surface area contributed by atoms with Gasteiger partial charge >= 0.3 is 17.2 Å². The first kappa shape index (κ1) is 22.2. The molecule has 0 aromatic rings. The third kappa shape index (κ3) is 7.67. The van der Waals surface area contributed by atoms with Gasteiger partial charge in [-0.15, -0.1) is 0 Å². The maximum Gasteiger partial charge on any atom is 0.370 e. The molecule has 8 nitrogen and oxygen atoms in total. The number of ether oxygens (including phenoxy) is 2. The lowest BCUT2D eigenvalue weighted by Gasteiger charge is -2.30. The number of carboxylic acids is 1. The predicted octanol–water partition coefficient (Wildman–Crippen LogP) is 2.02. The zero-order valence-corrected chi connectivity index (χ0v) is 15.6. The topological polar surface area (TPSA) is 119 Å². The molecule has 0 saturated heterocycles. The van der Waals surface area contributed by atoms with Crippen molar-refractivity contribution in [1.29, 1.82) is 0 Å². The van der Waals surface area contributed by atoms with Crippen molar-refractivity contribution in [2.24, 2.45) is 11.8 Å². The van der Waals surface area contributed by atoms with E-state index < -0.39 is 46.6 Å². The molecule has 0 radical (unpaired) electrons. The minimum absolute atomic E-state index is 0.351. The first-order chi connectivity index (χ1) is 10.9. The lowest BCUT2D eigenvalue weighted by molar-refractivity contribution is -0.155. The Labute approximate surface area is 145 Å². The number of esters is 1. The van der Waals surface area contributed by atoms with Crippen molar-refractivity contribution in [3.05, 3.63) is 0 Å². The van der Waals surface area contributed by atoms with Crippen LogP contribution in [0.5, 0.6) is 0 Å². The number of carboxylic acid groups (broad SMARTS) is 1. The van der Waals surface area contributed by atoms with E-state index in [0.29, 0.717) is 11.8 Å². The summed E-state index contributed by atoms with van der Waals surface area (Å²) in [5.41, 5.74) is 0. The highest BCUT2D eigenvalue weighted by Crippen LogP contribution is 2.30. The highest BCUT2D eigenvalue weighted by atomic mass is 32.2. The second-order valence-electron chi connectivity index (χ2n) is 6.27. The van der Waals surface area contributed by atoms with Gasteiger partial charge in [0.1, 0.15) is 6.04 Å². The van der Waals surface area contributed by atoms with Gasteiger partial charge in [-0.25, -0.2) is 9.59 Å². The Morgan fingerprint density at radius 3 is 2.00 bits per heavy atom. The second-order valence-corrected chi connectivity index (χ2v) is 7.86. The Hall–Kier alpha value is -1.77. The molecule has 2 N–H and O–H groups in total. The summed E-state index contributed by atoms with van der Waals surface area (Å²) in [6.45, 7) is 8.98. The number of rotatable bonds is 8. The number of nitrogens with one attached hydrogen (secondary N) is 1. The summed E-state index contributed by atoms with van der Waals surface area (Å²) < 4.78 is 8.30. The maximum atomic E-state index is 11.8. The van der Waals surface area contributed by atoms with Gasteiger partial charge in [-0.05, 0) is 25.6 Å². The molecule has 0 rings (SSSR count).